The van der Waals surface area contributed by atoms with Gasteiger partial charge < -0.3 is 24.1 Å². The zero-order valence-electron chi connectivity index (χ0n) is 12.7. The number of carbonyl (C=O) groups is 3. The molecule has 1 saturated heterocycles. The van der Waals surface area contributed by atoms with Crippen LogP contribution in [0.2, 0.25) is 0 Å². The molecule has 0 radical (unpaired) electrons. The van der Waals surface area contributed by atoms with E-state index in [2.05, 4.69) is 10.0 Å². The maximum absolute atomic E-state index is 11.3. The van der Waals surface area contributed by atoms with E-state index in [1.54, 1.807) is 0 Å². The Balaban J connectivity index is 3.11. The number of ether oxygens (including phenoxy) is 4. The Hall–Kier alpha value is -2.36. The van der Waals surface area contributed by atoms with Gasteiger partial charge in [-0.3, -0.25) is 14.4 Å². The lowest BCUT2D eigenvalue weighted by Crippen LogP contribution is -2.60. The highest BCUT2D eigenvalue weighted by atomic mass is 16.7. The fourth-order valence-corrected chi connectivity index (χ4v) is 2.08. The summed E-state index contributed by atoms with van der Waals surface area (Å²) in [6, 6.07) is -1.33. The molecule has 1 rings (SSSR count). The third kappa shape index (κ3) is 5.40. The van der Waals surface area contributed by atoms with Crippen molar-refractivity contribution in [3.05, 3.63) is 10.4 Å². The number of aliphatic hydroxyl groups excluding tert-OH is 1. The zero-order chi connectivity index (χ0) is 17.6. The quantitative estimate of drug-likeness (QED) is 0.239. The smallest absolute Gasteiger partial charge is 0.303 e. The van der Waals surface area contributed by atoms with Crippen LogP contribution in [0.15, 0.2) is 5.11 Å². The van der Waals surface area contributed by atoms with Crippen molar-refractivity contribution in [2.24, 2.45) is 5.11 Å². The van der Waals surface area contributed by atoms with Crippen LogP contribution in [0.5, 0.6) is 0 Å². The van der Waals surface area contributed by atoms with Crippen LogP contribution in [0.3, 0.4) is 0 Å². The van der Waals surface area contributed by atoms with Crippen LogP contribution < -0.4 is 0 Å². The Morgan fingerprint density at radius 2 is 1.70 bits per heavy atom. The summed E-state index contributed by atoms with van der Waals surface area (Å²) in [4.78, 5) is 36.0. The van der Waals surface area contributed by atoms with E-state index >= 15 is 0 Å². The highest BCUT2D eigenvalue weighted by Gasteiger charge is 2.49. The van der Waals surface area contributed by atoms with E-state index in [-0.39, 0.29) is 6.61 Å². The van der Waals surface area contributed by atoms with Gasteiger partial charge in [0, 0.05) is 25.7 Å². The molecule has 0 aromatic rings. The van der Waals surface area contributed by atoms with Crippen molar-refractivity contribution in [1.82, 2.24) is 0 Å². The second-order valence-corrected chi connectivity index (χ2v) is 4.71. The monoisotopic (exact) mass is 331 g/mol. The van der Waals surface area contributed by atoms with Crippen molar-refractivity contribution in [3.8, 4) is 0 Å². The molecule has 0 saturated carbocycles. The second kappa shape index (κ2) is 8.32. The summed E-state index contributed by atoms with van der Waals surface area (Å²) in [5, 5.41) is 13.2. The van der Waals surface area contributed by atoms with Crippen LogP contribution in [0.25, 0.3) is 10.4 Å². The zero-order valence-corrected chi connectivity index (χ0v) is 12.7. The molecule has 0 aromatic carbocycles. The molecule has 1 heterocycles. The Labute approximate surface area is 131 Å². The van der Waals surface area contributed by atoms with Gasteiger partial charge in [0.25, 0.3) is 0 Å². The first-order valence-electron chi connectivity index (χ1n) is 6.61. The number of nitrogens with zero attached hydrogens (tertiary/aromatic N) is 3. The first kappa shape index (κ1) is 18.7. The number of hydrogen-bond acceptors (Lipinski definition) is 9. The molecule has 0 aromatic heterocycles. The van der Waals surface area contributed by atoms with Crippen LogP contribution in [-0.2, 0) is 33.3 Å². The van der Waals surface area contributed by atoms with Crippen molar-refractivity contribution in [2.45, 2.75) is 51.4 Å². The number of carbonyl (C=O) groups excluding carboxylic acids is 3. The highest BCUT2D eigenvalue weighted by Crippen LogP contribution is 2.28. The van der Waals surface area contributed by atoms with Gasteiger partial charge in [-0.1, -0.05) is 5.11 Å². The largest absolute Gasteiger partial charge is 0.463 e. The van der Waals surface area contributed by atoms with Crippen LogP contribution >= 0.6 is 0 Å². The lowest BCUT2D eigenvalue weighted by Gasteiger charge is -2.41. The average molecular weight is 331 g/mol. The SMILES string of the molecule is CC(=O)OC[C@@H]1O[C@H](O)[C@H](N=[N+]=[N-])[C@@H](OC(C)=O)[C@@H]1OC(C)=O. The molecule has 11 heteroatoms. The number of hydrogen-bond donors (Lipinski definition) is 1. The summed E-state index contributed by atoms with van der Waals surface area (Å²) in [7, 11) is 0. The lowest BCUT2D eigenvalue weighted by molar-refractivity contribution is -0.260. The fraction of sp³-hybridized carbons (Fsp3) is 0.750. The Bertz CT molecular complexity index is 518. The molecule has 0 aliphatic carbocycles. The predicted molar refractivity (Wildman–Crippen MR) is 71.6 cm³/mol. The summed E-state index contributed by atoms with van der Waals surface area (Å²) in [6.07, 6.45) is -5.26. The Morgan fingerprint density at radius 1 is 1.13 bits per heavy atom. The average Bonchev–Trinajstić information content (AvgIpc) is 2.42. The summed E-state index contributed by atoms with van der Waals surface area (Å²) >= 11 is 0. The van der Waals surface area contributed by atoms with E-state index in [1.807, 2.05) is 0 Å². The van der Waals surface area contributed by atoms with E-state index in [0.29, 0.717) is 0 Å². The topological polar surface area (TPSA) is 157 Å². The Kier molecular flexibility index (Phi) is 6.76. The first-order chi connectivity index (χ1) is 10.8. The molecule has 5 atom stereocenters. The van der Waals surface area contributed by atoms with Gasteiger partial charge in [-0.15, -0.1) is 0 Å². The number of azide groups is 1. The van der Waals surface area contributed by atoms with Crippen molar-refractivity contribution in [2.75, 3.05) is 6.61 Å². The molecular formula is C12H17N3O8. The van der Waals surface area contributed by atoms with Crippen LogP contribution in [0.4, 0.5) is 0 Å². The number of rotatable bonds is 5. The van der Waals surface area contributed by atoms with Gasteiger partial charge in [-0.2, -0.15) is 0 Å². The van der Waals surface area contributed by atoms with E-state index < -0.39 is 48.6 Å². The third-order valence-electron chi connectivity index (χ3n) is 2.87. The van der Waals surface area contributed by atoms with E-state index in [4.69, 9.17) is 24.5 Å². The van der Waals surface area contributed by atoms with Crippen LogP contribution in [0.1, 0.15) is 20.8 Å². The van der Waals surface area contributed by atoms with Gasteiger partial charge in [0.05, 0.1) is 0 Å². The minimum Gasteiger partial charge on any atom is -0.463 e. The molecule has 0 spiro atoms. The number of aliphatic hydroxyl groups is 1. The van der Waals surface area contributed by atoms with Crippen molar-refractivity contribution in [3.63, 3.8) is 0 Å². The maximum atomic E-state index is 11.3. The molecule has 1 aliphatic rings. The van der Waals surface area contributed by atoms with Gasteiger partial charge in [0.15, 0.2) is 18.5 Å². The summed E-state index contributed by atoms with van der Waals surface area (Å²) in [5.74, 6) is -2.09. The van der Waals surface area contributed by atoms with Crippen molar-refractivity contribution < 1.29 is 38.4 Å². The summed E-state index contributed by atoms with van der Waals surface area (Å²) < 4.78 is 20.0. The second-order valence-electron chi connectivity index (χ2n) is 4.71. The van der Waals surface area contributed by atoms with Crippen molar-refractivity contribution in [1.29, 1.82) is 0 Å². The van der Waals surface area contributed by atoms with Crippen LogP contribution in [0, 0.1) is 0 Å². The Morgan fingerprint density at radius 3 is 2.17 bits per heavy atom. The molecule has 0 unspecified atom stereocenters. The lowest BCUT2D eigenvalue weighted by atomic mass is 9.97. The molecule has 1 aliphatic heterocycles. The van der Waals surface area contributed by atoms with Gasteiger partial charge in [-0.05, 0) is 5.53 Å². The molecule has 128 valence electrons. The predicted octanol–water partition coefficient (Wildman–Crippen LogP) is -0.191. The van der Waals surface area contributed by atoms with Gasteiger partial charge in [-0.25, -0.2) is 0 Å². The van der Waals surface area contributed by atoms with Crippen LogP contribution in [-0.4, -0.2) is 60.3 Å². The molecule has 11 nitrogen and oxygen atoms in total. The third-order valence-corrected chi connectivity index (χ3v) is 2.87. The molecule has 1 N–H and O–H groups in total. The summed E-state index contributed by atoms with van der Waals surface area (Å²) in [5.41, 5.74) is 8.57. The maximum Gasteiger partial charge on any atom is 0.303 e. The molecule has 0 amide bonds. The van der Waals surface area contributed by atoms with Gasteiger partial charge >= 0.3 is 17.9 Å². The van der Waals surface area contributed by atoms with E-state index in [1.165, 1.54) is 0 Å². The number of esters is 3. The first-order valence-corrected chi connectivity index (χ1v) is 6.61. The van der Waals surface area contributed by atoms with E-state index in [0.717, 1.165) is 20.8 Å². The summed E-state index contributed by atoms with van der Waals surface area (Å²) in [6.45, 7) is 3.01. The normalized spacial score (nSPS) is 29.8. The van der Waals surface area contributed by atoms with E-state index in [9.17, 15) is 19.5 Å². The fourth-order valence-electron chi connectivity index (χ4n) is 2.08. The molecule has 1 fully saturated rings. The van der Waals surface area contributed by atoms with Crippen molar-refractivity contribution >= 4 is 17.9 Å². The molecule has 0 bridgehead atoms. The molecule has 23 heavy (non-hydrogen) atoms. The van der Waals surface area contributed by atoms with Gasteiger partial charge in [0.1, 0.15) is 18.8 Å². The van der Waals surface area contributed by atoms with Gasteiger partial charge in [0.2, 0.25) is 0 Å². The highest BCUT2D eigenvalue weighted by molar-refractivity contribution is 5.67. The standard InChI is InChI=1S/C12H17N3O8/c1-5(16)20-4-8-10(21-6(2)17)11(22-7(3)18)9(14-15-13)12(19)23-8/h8-12,19H,4H2,1-3H3/t8-,9+,10+,11+,12-/m0/s1. The minimum absolute atomic E-state index is 0.356. The molecular weight excluding hydrogens is 314 g/mol. The minimum atomic E-state index is -1.64.